The summed E-state index contributed by atoms with van der Waals surface area (Å²) in [4.78, 5) is 0. The molecule has 1 aliphatic rings. The largest absolute Gasteiger partial charge is 0.392 e. The van der Waals surface area contributed by atoms with Crippen molar-refractivity contribution in [2.24, 2.45) is 0 Å². The van der Waals surface area contributed by atoms with Crippen LogP contribution in [0.4, 0.5) is 0 Å². The van der Waals surface area contributed by atoms with E-state index in [-0.39, 0.29) is 5.75 Å². The van der Waals surface area contributed by atoms with Gasteiger partial charge in [-0.3, -0.25) is 0 Å². The summed E-state index contributed by atoms with van der Waals surface area (Å²) in [5, 5.41) is 9.15. The van der Waals surface area contributed by atoms with Crippen molar-refractivity contribution in [1.29, 1.82) is 0 Å². The van der Waals surface area contributed by atoms with Gasteiger partial charge in [-0.15, -0.1) is 0 Å². The van der Waals surface area contributed by atoms with Crippen LogP contribution in [0.2, 0.25) is 0 Å². The molecule has 0 aromatic heterocycles. The third kappa shape index (κ3) is 2.68. The van der Waals surface area contributed by atoms with E-state index in [4.69, 9.17) is 0 Å². The first-order valence-electron chi connectivity index (χ1n) is 4.97. The molecule has 0 bridgehead atoms. The summed E-state index contributed by atoms with van der Waals surface area (Å²) in [6.45, 7) is 1.96. The lowest BCUT2D eigenvalue weighted by atomic mass is 10.1. The van der Waals surface area contributed by atoms with Gasteiger partial charge in [0.1, 0.15) is 0 Å². The third-order valence-corrected chi connectivity index (χ3v) is 4.97. The van der Waals surface area contributed by atoms with E-state index in [9.17, 15) is 13.5 Å². The normalized spacial score (nSPS) is 29.8. The first-order valence-corrected chi connectivity index (χ1v) is 6.69. The average molecular weight is 206 g/mol. The number of aliphatic hydroxyl groups is 1. The molecule has 4 heteroatoms. The molecule has 1 saturated heterocycles. The highest BCUT2D eigenvalue weighted by Crippen LogP contribution is 2.24. The Labute approximate surface area is 80.1 Å². The number of aliphatic hydroxyl groups excluding tert-OH is 1. The molecule has 0 aromatic carbocycles. The van der Waals surface area contributed by atoms with E-state index in [0.29, 0.717) is 12.8 Å². The third-order valence-electron chi connectivity index (χ3n) is 2.64. The highest BCUT2D eigenvalue weighted by Gasteiger charge is 2.33. The molecule has 2 unspecified atom stereocenters. The second kappa shape index (κ2) is 4.42. The summed E-state index contributed by atoms with van der Waals surface area (Å²) in [6.07, 6.45) is 3.14. The Morgan fingerprint density at radius 1 is 1.46 bits per heavy atom. The van der Waals surface area contributed by atoms with Gasteiger partial charge in [0.25, 0.3) is 0 Å². The van der Waals surface area contributed by atoms with Crippen LogP contribution in [0.5, 0.6) is 0 Å². The van der Waals surface area contributed by atoms with E-state index >= 15 is 0 Å². The molecule has 0 amide bonds. The van der Waals surface area contributed by atoms with Crippen molar-refractivity contribution in [1.82, 2.24) is 0 Å². The van der Waals surface area contributed by atoms with Crippen LogP contribution in [0.3, 0.4) is 0 Å². The predicted octanol–water partition coefficient (Wildman–Crippen LogP) is 1.11. The summed E-state index contributed by atoms with van der Waals surface area (Å²) < 4.78 is 23.1. The fourth-order valence-electron chi connectivity index (χ4n) is 1.89. The fraction of sp³-hybridized carbons (Fsp3) is 1.00. The van der Waals surface area contributed by atoms with Crippen molar-refractivity contribution in [3.8, 4) is 0 Å². The molecule has 1 rings (SSSR count). The minimum absolute atomic E-state index is 0.262. The van der Waals surface area contributed by atoms with Crippen LogP contribution < -0.4 is 0 Å². The van der Waals surface area contributed by atoms with Gasteiger partial charge in [-0.1, -0.05) is 19.8 Å². The van der Waals surface area contributed by atoms with Gasteiger partial charge in [0.2, 0.25) is 0 Å². The summed E-state index contributed by atoms with van der Waals surface area (Å²) >= 11 is 0. The Bertz CT molecular complexity index is 246. The highest BCUT2D eigenvalue weighted by molar-refractivity contribution is 7.92. The van der Waals surface area contributed by atoms with Gasteiger partial charge in [-0.05, 0) is 19.3 Å². The number of rotatable bonds is 3. The van der Waals surface area contributed by atoms with Crippen LogP contribution in [0.1, 0.15) is 39.0 Å². The van der Waals surface area contributed by atoms with Crippen LogP contribution in [-0.2, 0) is 9.84 Å². The first kappa shape index (κ1) is 11.0. The molecule has 1 aliphatic heterocycles. The molecule has 1 fully saturated rings. The Morgan fingerprint density at radius 3 is 2.69 bits per heavy atom. The van der Waals surface area contributed by atoms with Gasteiger partial charge in [-0.2, -0.15) is 0 Å². The summed E-state index contributed by atoms with van der Waals surface area (Å²) in [7, 11) is -2.99. The molecule has 13 heavy (non-hydrogen) atoms. The van der Waals surface area contributed by atoms with Gasteiger partial charge in [-0.25, -0.2) is 8.42 Å². The van der Waals surface area contributed by atoms with Crippen molar-refractivity contribution >= 4 is 9.84 Å². The zero-order chi connectivity index (χ0) is 9.90. The van der Waals surface area contributed by atoms with Gasteiger partial charge in [0, 0.05) is 0 Å². The summed E-state index contributed by atoms with van der Waals surface area (Å²) in [6, 6.07) is 0. The maximum atomic E-state index is 11.5. The fourth-order valence-corrected chi connectivity index (χ4v) is 3.94. The second-order valence-corrected chi connectivity index (χ2v) is 6.10. The van der Waals surface area contributed by atoms with Crippen LogP contribution in [0.15, 0.2) is 0 Å². The van der Waals surface area contributed by atoms with E-state index < -0.39 is 21.2 Å². The second-order valence-electron chi connectivity index (χ2n) is 3.76. The van der Waals surface area contributed by atoms with Gasteiger partial charge < -0.3 is 5.11 Å². The summed E-state index contributed by atoms with van der Waals surface area (Å²) in [5.41, 5.74) is 0. The number of sulfone groups is 1. The highest BCUT2D eigenvalue weighted by atomic mass is 32.2. The quantitative estimate of drug-likeness (QED) is 0.752. The molecular formula is C9H18O3S. The molecule has 0 radical (unpaired) electrons. The smallest absolute Gasteiger partial charge is 0.155 e. The van der Waals surface area contributed by atoms with E-state index in [1.807, 2.05) is 6.92 Å². The lowest BCUT2D eigenvalue weighted by Gasteiger charge is -2.26. The van der Waals surface area contributed by atoms with Crippen LogP contribution >= 0.6 is 0 Å². The lowest BCUT2D eigenvalue weighted by Crippen LogP contribution is -2.38. The molecule has 1 heterocycles. The molecule has 2 atom stereocenters. The Hall–Kier alpha value is -0.0900. The van der Waals surface area contributed by atoms with Crippen molar-refractivity contribution in [3.05, 3.63) is 0 Å². The zero-order valence-corrected chi connectivity index (χ0v) is 8.89. The molecule has 0 spiro atoms. The van der Waals surface area contributed by atoms with Gasteiger partial charge >= 0.3 is 0 Å². The standard InChI is InChI=1S/C9H18O3S/c1-2-5-8(10)9-6-3-4-7-13(9,11)12/h8-10H,2-7H2,1H3. The van der Waals surface area contributed by atoms with Crippen molar-refractivity contribution < 1.29 is 13.5 Å². The topological polar surface area (TPSA) is 54.4 Å². The Kier molecular flexibility index (Phi) is 3.74. The van der Waals surface area contributed by atoms with Crippen molar-refractivity contribution in [2.75, 3.05) is 5.75 Å². The molecule has 1 N–H and O–H groups in total. The minimum Gasteiger partial charge on any atom is -0.392 e. The van der Waals surface area contributed by atoms with Crippen LogP contribution in [0, 0.1) is 0 Å². The Balaban J connectivity index is 2.65. The minimum atomic E-state index is -2.99. The first-order chi connectivity index (χ1) is 6.08. The molecular weight excluding hydrogens is 188 g/mol. The monoisotopic (exact) mass is 206 g/mol. The van der Waals surface area contributed by atoms with E-state index in [1.54, 1.807) is 0 Å². The predicted molar refractivity (Wildman–Crippen MR) is 52.3 cm³/mol. The van der Waals surface area contributed by atoms with Crippen LogP contribution in [-0.4, -0.2) is 30.6 Å². The van der Waals surface area contributed by atoms with Crippen molar-refractivity contribution in [3.63, 3.8) is 0 Å². The Morgan fingerprint density at radius 2 is 2.15 bits per heavy atom. The van der Waals surface area contributed by atoms with Crippen molar-refractivity contribution in [2.45, 2.75) is 50.4 Å². The molecule has 3 nitrogen and oxygen atoms in total. The van der Waals surface area contributed by atoms with Crippen LogP contribution in [0.25, 0.3) is 0 Å². The SMILES string of the molecule is CCCC(O)C1CCCCS1(=O)=O. The zero-order valence-electron chi connectivity index (χ0n) is 8.07. The number of hydrogen-bond acceptors (Lipinski definition) is 3. The van der Waals surface area contributed by atoms with E-state index in [0.717, 1.165) is 19.3 Å². The molecule has 0 aromatic rings. The molecule has 0 aliphatic carbocycles. The maximum Gasteiger partial charge on any atom is 0.155 e. The lowest BCUT2D eigenvalue weighted by molar-refractivity contribution is 0.151. The van der Waals surface area contributed by atoms with Gasteiger partial charge in [0.05, 0.1) is 17.1 Å². The molecule has 78 valence electrons. The maximum absolute atomic E-state index is 11.5. The van der Waals surface area contributed by atoms with Gasteiger partial charge in [0.15, 0.2) is 9.84 Å². The summed E-state index contributed by atoms with van der Waals surface area (Å²) in [5.74, 6) is 0.262. The average Bonchev–Trinajstić information content (AvgIpc) is 2.03. The molecule has 0 saturated carbocycles. The van der Waals surface area contributed by atoms with E-state index in [2.05, 4.69) is 0 Å². The number of hydrogen-bond donors (Lipinski definition) is 1. The van der Waals surface area contributed by atoms with E-state index in [1.165, 1.54) is 0 Å².